The Labute approximate surface area is 153 Å². The molecule has 1 heterocycles. The number of aliphatic carboxylic acids is 1. The van der Waals surface area contributed by atoms with Crippen LogP contribution >= 0.6 is 0 Å². The third-order valence-corrected chi connectivity index (χ3v) is 4.47. The van der Waals surface area contributed by atoms with E-state index in [1.807, 2.05) is 4.90 Å². The first-order valence-corrected chi connectivity index (χ1v) is 8.56. The fraction of sp³-hybridized carbons (Fsp3) is 0.556. The molecule has 26 heavy (non-hydrogen) atoms. The van der Waals surface area contributed by atoms with E-state index in [-0.39, 0.29) is 12.3 Å². The Kier molecular flexibility index (Phi) is 7.08. The van der Waals surface area contributed by atoms with Gasteiger partial charge in [0.05, 0.1) is 21.3 Å². The predicted molar refractivity (Wildman–Crippen MR) is 96.2 cm³/mol. The van der Waals surface area contributed by atoms with Crippen molar-refractivity contribution in [1.29, 1.82) is 0 Å². The molecule has 2 N–H and O–H groups in total. The largest absolute Gasteiger partial charge is 0.493 e. The van der Waals surface area contributed by atoms with Gasteiger partial charge in [-0.05, 0) is 19.4 Å². The number of hydrogen-bond donors (Lipinski definition) is 2. The molecule has 0 aromatic heterocycles. The van der Waals surface area contributed by atoms with Crippen molar-refractivity contribution in [3.63, 3.8) is 0 Å². The summed E-state index contributed by atoms with van der Waals surface area (Å²) in [5.41, 5.74) is 0.526. The van der Waals surface area contributed by atoms with Gasteiger partial charge in [0.2, 0.25) is 11.7 Å². The van der Waals surface area contributed by atoms with E-state index in [1.165, 1.54) is 21.3 Å². The lowest BCUT2D eigenvalue weighted by Crippen LogP contribution is -2.45. The number of hydrogen-bond acceptors (Lipinski definition) is 6. The highest BCUT2D eigenvalue weighted by molar-refractivity contribution is 5.91. The molecule has 1 aromatic rings. The van der Waals surface area contributed by atoms with Crippen LogP contribution in [-0.4, -0.2) is 62.3 Å². The molecule has 1 atom stereocenters. The average Bonchev–Trinajstić information content (AvgIpc) is 2.65. The van der Waals surface area contributed by atoms with Crippen molar-refractivity contribution >= 4 is 17.6 Å². The molecular formula is C18H26N2O6. The van der Waals surface area contributed by atoms with Gasteiger partial charge in [-0.3, -0.25) is 14.5 Å². The summed E-state index contributed by atoms with van der Waals surface area (Å²) in [7, 11) is 4.52. The van der Waals surface area contributed by atoms with Crippen molar-refractivity contribution in [1.82, 2.24) is 4.90 Å². The lowest BCUT2D eigenvalue weighted by molar-refractivity contribution is -0.144. The second kappa shape index (κ2) is 9.28. The Balaban J connectivity index is 2.00. The zero-order chi connectivity index (χ0) is 19.1. The first kappa shape index (κ1) is 19.8. The second-order valence-corrected chi connectivity index (χ2v) is 6.10. The van der Waals surface area contributed by atoms with Crippen molar-refractivity contribution in [2.45, 2.75) is 31.7 Å². The van der Waals surface area contributed by atoms with E-state index in [0.717, 1.165) is 12.8 Å². The first-order chi connectivity index (χ1) is 12.5. The molecule has 8 nitrogen and oxygen atoms in total. The lowest BCUT2D eigenvalue weighted by atomic mass is 10.0. The van der Waals surface area contributed by atoms with E-state index in [0.29, 0.717) is 42.4 Å². The standard InChI is InChI=1S/C18H26N2O6/c1-24-14-10-12(11-15(25-2)17(14)26-3)19-16(21)7-9-20-8-5-4-6-13(20)18(22)23/h10-11,13H,4-9H2,1-3H3,(H,19,21)(H,22,23). The van der Waals surface area contributed by atoms with Crippen LogP contribution in [0.4, 0.5) is 5.69 Å². The van der Waals surface area contributed by atoms with Gasteiger partial charge in [0.25, 0.3) is 0 Å². The summed E-state index contributed by atoms with van der Waals surface area (Å²) in [6.07, 6.45) is 2.70. The van der Waals surface area contributed by atoms with Crippen LogP contribution in [0.1, 0.15) is 25.7 Å². The summed E-state index contributed by atoms with van der Waals surface area (Å²) in [5, 5.41) is 12.1. The van der Waals surface area contributed by atoms with Crippen LogP contribution in [0.2, 0.25) is 0 Å². The third-order valence-electron chi connectivity index (χ3n) is 4.47. The van der Waals surface area contributed by atoms with Gasteiger partial charge in [0.1, 0.15) is 6.04 Å². The van der Waals surface area contributed by atoms with Gasteiger partial charge < -0.3 is 24.6 Å². The van der Waals surface area contributed by atoms with E-state index < -0.39 is 12.0 Å². The van der Waals surface area contributed by atoms with Gasteiger partial charge in [-0.2, -0.15) is 0 Å². The fourth-order valence-electron chi connectivity index (χ4n) is 3.16. The monoisotopic (exact) mass is 366 g/mol. The number of rotatable bonds is 8. The van der Waals surface area contributed by atoms with Crippen molar-refractivity contribution < 1.29 is 28.9 Å². The highest BCUT2D eigenvalue weighted by atomic mass is 16.5. The van der Waals surface area contributed by atoms with E-state index in [2.05, 4.69) is 5.32 Å². The van der Waals surface area contributed by atoms with Crippen molar-refractivity contribution in [3.8, 4) is 17.2 Å². The van der Waals surface area contributed by atoms with Crippen LogP contribution in [0.15, 0.2) is 12.1 Å². The van der Waals surface area contributed by atoms with Crippen LogP contribution in [-0.2, 0) is 9.59 Å². The van der Waals surface area contributed by atoms with E-state index in [4.69, 9.17) is 14.2 Å². The maximum atomic E-state index is 12.3. The number of carboxylic acids is 1. The average molecular weight is 366 g/mol. The molecule has 1 fully saturated rings. The number of anilines is 1. The first-order valence-electron chi connectivity index (χ1n) is 8.56. The van der Waals surface area contributed by atoms with Crippen molar-refractivity contribution in [2.24, 2.45) is 0 Å². The summed E-state index contributed by atoms with van der Waals surface area (Å²) in [6, 6.07) is 2.80. The molecule has 0 bridgehead atoms. The maximum Gasteiger partial charge on any atom is 0.320 e. The zero-order valence-electron chi connectivity index (χ0n) is 15.4. The summed E-state index contributed by atoms with van der Waals surface area (Å²) < 4.78 is 15.8. The number of carboxylic acid groups (broad SMARTS) is 1. The van der Waals surface area contributed by atoms with Crippen LogP contribution < -0.4 is 19.5 Å². The summed E-state index contributed by atoms with van der Waals surface area (Å²) in [5.74, 6) is 0.322. The highest BCUT2D eigenvalue weighted by Gasteiger charge is 2.28. The Morgan fingerprint density at radius 2 is 1.81 bits per heavy atom. The number of ether oxygens (including phenoxy) is 3. The molecule has 0 spiro atoms. The van der Waals surface area contributed by atoms with Gasteiger partial charge in [-0.25, -0.2) is 0 Å². The third kappa shape index (κ3) is 4.78. The van der Waals surface area contributed by atoms with E-state index >= 15 is 0 Å². The van der Waals surface area contributed by atoms with E-state index in [1.54, 1.807) is 12.1 Å². The van der Waals surface area contributed by atoms with E-state index in [9.17, 15) is 14.7 Å². The van der Waals surface area contributed by atoms with Crippen molar-refractivity contribution in [2.75, 3.05) is 39.7 Å². The van der Waals surface area contributed by atoms with Gasteiger partial charge >= 0.3 is 5.97 Å². The Bertz CT molecular complexity index is 624. The van der Waals surface area contributed by atoms with Gasteiger partial charge in [0, 0.05) is 30.8 Å². The molecule has 1 aliphatic rings. The molecule has 1 saturated heterocycles. The number of benzene rings is 1. The van der Waals surface area contributed by atoms with Crippen LogP contribution in [0.3, 0.4) is 0 Å². The molecule has 1 amide bonds. The quantitative estimate of drug-likeness (QED) is 0.726. The molecule has 0 radical (unpaired) electrons. The normalized spacial score (nSPS) is 17.4. The Morgan fingerprint density at radius 1 is 1.15 bits per heavy atom. The minimum Gasteiger partial charge on any atom is -0.493 e. The van der Waals surface area contributed by atoms with Crippen molar-refractivity contribution in [3.05, 3.63) is 12.1 Å². The number of amides is 1. The Morgan fingerprint density at radius 3 is 2.35 bits per heavy atom. The Hall–Kier alpha value is -2.48. The number of likely N-dealkylation sites (tertiary alicyclic amines) is 1. The summed E-state index contributed by atoms with van der Waals surface area (Å²) in [4.78, 5) is 25.5. The number of piperidine rings is 1. The zero-order valence-corrected chi connectivity index (χ0v) is 15.4. The molecule has 2 rings (SSSR count). The van der Waals surface area contributed by atoms with Crippen LogP contribution in [0.25, 0.3) is 0 Å². The second-order valence-electron chi connectivity index (χ2n) is 6.10. The number of carbonyl (C=O) groups excluding carboxylic acids is 1. The molecule has 1 aliphatic heterocycles. The number of carbonyl (C=O) groups is 2. The number of methoxy groups -OCH3 is 3. The number of nitrogens with zero attached hydrogens (tertiary/aromatic N) is 1. The molecule has 8 heteroatoms. The minimum absolute atomic E-state index is 0.200. The molecule has 0 aliphatic carbocycles. The summed E-state index contributed by atoms with van der Waals surface area (Å²) >= 11 is 0. The minimum atomic E-state index is -0.824. The molecule has 0 saturated carbocycles. The fourth-order valence-corrected chi connectivity index (χ4v) is 3.16. The van der Waals surface area contributed by atoms with Gasteiger partial charge in [-0.15, -0.1) is 0 Å². The number of nitrogens with one attached hydrogen (secondary N) is 1. The SMILES string of the molecule is COc1cc(NC(=O)CCN2CCCCC2C(=O)O)cc(OC)c1OC. The van der Waals surface area contributed by atoms with Crippen LogP contribution in [0.5, 0.6) is 17.2 Å². The molecule has 1 unspecified atom stereocenters. The predicted octanol–water partition coefficient (Wildman–Crippen LogP) is 1.98. The topological polar surface area (TPSA) is 97.3 Å². The highest BCUT2D eigenvalue weighted by Crippen LogP contribution is 2.39. The van der Waals surface area contributed by atoms with Crippen LogP contribution in [0, 0.1) is 0 Å². The summed E-state index contributed by atoms with van der Waals surface area (Å²) in [6.45, 7) is 1.11. The van der Waals surface area contributed by atoms with Gasteiger partial charge in [0.15, 0.2) is 11.5 Å². The smallest absolute Gasteiger partial charge is 0.320 e. The van der Waals surface area contributed by atoms with Gasteiger partial charge in [-0.1, -0.05) is 6.42 Å². The molecule has 144 valence electrons. The molecule has 1 aromatic carbocycles. The molecular weight excluding hydrogens is 340 g/mol. The maximum absolute atomic E-state index is 12.3. The lowest BCUT2D eigenvalue weighted by Gasteiger charge is -2.32.